The quantitative estimate of drug-likeness (QED) is 0.567. The molecule has 0 aromatic carbocycles. The number of likely N-dealkylation sites (N-methyl/N-ethyl adjacent to an activating group) is 2. The number of amides is 1. The lowest BCUT2D eigenvalue weighted by Gasteiger charge is -2.26. The van der Waals surface area contributed by atoms with Gasteiger partial charge in [0.05, 0.1) is 6.04 Å². The van der Waals surface area contributed by atoms with Crippen LogP contribution >= 0.6 is 0 Å². The summed E-state index contributed by atoms with van der Waals surface area (Å²) in [6, 6.07) is -0.317. The number of nitrogens with zero attached hydrogens (tertiary/aromatic N) is 2. The summed E-state index contributed by atoms with van der Waals surface area (Å²) in [4.78, 5) is 25.4. The van der Waals surface area contributed by atoms with E-state index in [1.54, 1.807) is 30.9 Å². The molecule has 0 heterocycles. The summed E-state index contributed by atoms with van der Waals surface area (Å²) >= 11 is 0. The first kappa shape index (κ1) is 12.1. The Morgan fingerprint density at radius 1 is 1.38 bits per heavy atom. The summed E-state index contributed by atoms with van der Waals surface area (Å²) in [5.74, 6) is -0.000370. The number of hydrogen-bond acceptors (Lipinski definition) is 3. The lowest BCUT2D eigenvalue weighted by molar-refractivity contribution is -0.135. The van der Waals surface area contributed by atoms with Crippen molar-refractivity contribution in [2.45, 2.75) is 19.4 Å². The predicted molar refractivity (Wildman–Crippen MR) is 51.5 cm³/mol. The minimum Gasteiger partial charge on any atom is -0.345 e. The second kappa shape index (κ2) is 5.70. The van der Waals surface area contributed by atoms with Crippen LogP contribution in [0.15, 0.2) is 0 Å². The van der Waals surface area contributed by atoms with E-state index in [0.29, 0.717) is 6.54 Å². The zero-order valence-electron chi connectivity index (χ0n) is 8.78. The molecule has 4 heteroatoms. The zero-order valence-corrected chi connectivity index (χ0v) is 8.78. The maximum absolute atomic E-state index is 11.6. The van der Waals surface area contributed by atoms with E-state index >= 15 is 0 Å². The van der Waals surface area contributed by atoms with Crippen LogP contribution in [-0.4, -0.2) is 55.7 Å². The smallest absolute Gasteiger partial charge is 0.240 e. The largest absolute Gasteiger partial charge is 0.345 e. The van der Waals surface area contributed by atoms with E-state index in [1.165, 1.54) is 0 Å². The fourth-order valence-corrected chi connectivity index (χ4v) is 1.03. The first-order valence-corrected chi connectivity index (χ1v) is 4.39. The van der Waals surface area contributed by atoms with Gasteiger partial charge in [0.25, 0.3) is 0 Å². The van der Waals surface area contributed by atoms with Crippen LogP contribution in [0.1, 0.15) is 13.3 Å². The Bertz CT molecular complexity index is 180. The molecule has 0 saturated heterocycles. The van der Waals surface area contributed by atoms with Gasteiger partial charge in [0, 0.05) is 20.0 Å². The minimum absolute atomic E-state index is 0.000370. The third-order valence-corrected chi connectivity index (χ3v) is 2.08. The fourth-order valence-electron chi connectivity index (χ4n) is 1.03. The zero-order chi connectivity index (χ0) is 10.4. The molecule has 0 aliphatic heterocycles. The Morgan fingerprint density at radius 3 is 2.23 bits per heavy atom. The lowest BCUT2D eigenvalue weighted by atomic mass is 10.2. The van der Waals surface area contributed by atoms with Crippen molar-refractivity contribution in [1.82, 2.24) is 9.80 Å². The first-order chi connectivity index (χ1) is 6.04. The summed E-state index contributed by atoms with van der Waals surface area (Å²) in [6.07, 6.45) is 1.04. The average Bonchev–Trinajstić information content (AvgIpc) is 2.11. The SMILES string of the molecule is CCN(C)C(=O)[C@H](CC=O)N(C)C. The molecule has 0 aliphatic carbocycles. The number of aldehydes is 1. The van der Waals surface area contributed by atoms with Crippen LogP contribution in [0.2, 0.25) is 0 Å². The van der Waals surface area contributed by atoms with Crippen molar-refractivity contribution in [3.05, 3.63) is 0 Å². The van der Waals surface area contributed by atoms with E-state index in [-0.39, 0.29) is 18.4 Å². The highest BCUT2D eigenvalue weighted by Gasteiger charge is 2.22. The van der Waals surface area contributed by atoms with Crippen molar-refractivity contribution < 1.29 is 9.59 Å². The number of rotatable bonds is 5. The van der Waals surface area contributed by atoms with Crippen LogP contribution in [0, 0.1) is 0 Å². The maximum Gasteiger partial charge on any atom is 0.240 e. The van der Waals surface area contributed by atoms with Crippen molar-refractivity contribution in [3.8, 4) is 0 Å². The second-order valence-corrected chi connectivity index (χ2v) is 3.23. The van der Waals surface area contributed by atoms with E-state index in [0.717, 1.165) is 6.29 Å². The van der Waals surface area contributed by atoms with Crippen LogP contribution in [0.3, 0.4) is 0 Å². The first-order valence-electron chi connectivity index (χ1n) is 4.39. The Balaban J connectivity index is 4.35. The molecule has 0 unspecified atom stereocenters. The molecule has 0 radical (unpaired) electrons. The van der Waals surface area contributed by atoms with E-state index in [9.17, 15) is 9.59 Å². The molecule has 76 valence electrons. The monoisotopic (exact) mass is 186 g/mol. The van der Waals surface area contributed by atoms with Gasteiger partial charge in [0.2, 0.25) is 5.91 Å². The molecule has 0 N–H and O–H groups in total. The molecule has 0 aliphatic rings. The molecular formula is C9H18N2O2. The highest BCUT2D eigenvalue weighted by molar-refractivity contribution is 5.83. The van der Waals surface area contributed by atoms with E-state index < -0.39 is 0 Å². The molecule has 4 nitrogen and oxygen atoms in total. The maximum atomic E-state index is 11.6. The molecule has 0 saturated carbocycles. The van der Waals surface area contributed by atoms with Gasteiger partial charge in [-0.25, -0.2) is 0 Å². The van der Waals surface area contributed by atoms with Gasteiger partial charge in [-0.1, -0.05) is 0 Å². The molecule has 0 spiro atoms. The lowest BCUT2D eigenvalue weighted by Crippen LogP contribution is -2.44. The molecule has 0 aromatic rings. The second-order valence-electron chi connectivity index (χ2n) is 3.23. The molecule has 1 atom stereocenters. The fraction of sp³-hybridized carbons (Fsp3) is 0.778. The van der Waals surface area contributed by atoms with Gasteiger partial charge in [-0.15, -0.1) is 0 Å². The standard InChI is InChI=1S/C9H18N2O2/c1-5-11(4)9(13)8(6-7-12)10(2)3/h7-8H,5-6H2,1-4H3/t8-/m0/s1. The number of hydrogen-bond donors (Lipinski definition) is 0. The predicted octanol–water partition coefficient (Wildman–Crippen LogP) is -0.0161. The van der Waals surface area contributed by atoms with E-state index in [1.807, 2.05) is 6.92 Å². The van der Waals surface area contributed by atoms with Gasteiger partial charge < -0.3 is 9.69 Å². The Morgan fingerprint density at radius 2 is 1.92 bits per heavy atom. The van der Waals surface area contributed by atoms with E-state index in [4.69, 9.17) is 0 Å². The summed E-state index contributed by atoms with van der Waals surface area (Å²) in [6.45, 7) is 2.58. The average molecular weight is 186 g/mol. The van der Waals surface area contributed by atoms with Gasteiger partial charge in [-0.3, -0.25) is 9.69 Å². The molecule has 0 aromatic heterocycles. The van der Waals surface area contributed by atoms with Crippen molar-refractivity contribution in [3.63, 3.8) is 0 Å². The Kier molecular flexibility index (Phi) is 5.30. The van der Waals surface area contributed by atoms with Crippen molar-refractivity contribution in [2.75, 3.05) is 27.7 Å². The molecule has 0 bridgehead atoms. The summed E-state index contributed by atoms with van der Waals surface area (Å²) < 4.78 is 0. The van der Waals surface area contributed by atoms with Gasteiger partial charge in [-0.2, -0.15) is 0 Å². The van der Waals surface area contributed by atoms with Crippen molar-refractivity contribution >= 4 is 12.2 Å². The topological polar surface area (TPSA) is 40.6 Å². The van der Waals surface area contributed by atoms with Gasteiger partial charge >= 0.3 is 0 Å². The minimum atomic E-state index is -0.317. The molecule has 0 fully saturated rings. The number of carbonyl (C=O) groups excluding carboxylic acids is 2. The van der Waals surface area contributed by atoms with Crippen LogP contribution in [-0.2, 0) is 9.59 Å². The molecule has 13 heavy (non-hydrogen) atoms. The molecular weight excluding hydrogens is 168 g/mol. The van der Waals surface area contributed by atoms with Gasteiger partial charge in [-0.05, 0) is 21.0 Å². The van der Waals surface area contributed by atoms with E-state index in [2.05, 4.69) is 0 Å². The third kappa shape index (κ3) is 3.55. The third-order valence-electron chi connectivity index (χ3n) is 2.08. The van der Waals surface area contributed by atoms with Crippen molar-refractivity contribution in [1.29, 1.82) is 0 Å². The normalized spacial score (nSPS) is 12.7. The summed E-state index contributed by atoms with van der Waals surface area (Å²) in [7, 11) is 5.34. The number of carbonyl (C=O) groups is 2. The van der Waals surface area contributed by atoms with Crippen LogP contribution in [0.25, 0.3) is 0 Å². The highest BCUT2D eigenvalue weighted by atomic mass is 16.2. The highest BCUT2D eigenvalue weighted by Crippen LogP contribution is 2.02. The van der Waals surface area contributed by atoms with Crippen molar-refractivity contribution in [2.24, 2.45) is 0 Å². The molecule has 0 rings (SSSR count). The molecule has 1 amide bonds. The summed E-state index contributed by atoms with van der Waals surface area (Å²) in [5.41, 5.74) is 0. The van der Waals surface area contributed by atoms with Gasteiger partial charge in [0.15, 0.2) is 0 Å². The van der Waals surface area contributed by atoms with Crippen LogP contribution in [0.4, 0.5) is 0 Å². The summed E-state index contributed by atoms with van der Waals surface area (Å²) in [5, 5.41) is 0. The van der Waals surface area contributed by atoms with Crippen LogP contribution in [0.5, 0.6) is 0 Å². The Hall–Kier alpha value is -0.900. The van der Waals surface area contributed by atoms with Crippen LogP contribution < -0.4 is 0 Å². The Labute approximate surface area is 79.5 Å². The van der Waals surface area contributed by atoms with Gasteiger partial charge in [0.1, 0.15) is 6.29 Å².